The highest BCUT2D eigenvalue weighted by Crippen LogP contribution is 2.29. The Morgan fingerprint density at radius 1 is 0.962 bits per heavy atom. The standard InChI is InChI=1S/C20H22N2O3S/c26-20(21-15-9-5-2-6-10-15)22-16-12-24-19-17(13-25-18(16)19)23-11-14-7-3-1-4-8-14/h1-10,16-19H,11-13H2,(H2,21,22,26)/t16-,17-,18-,19+/m0/s1. The maximum absolute atomic E-state index is 6.03. The SMILES string of the molecule is S=C(Nc1ccccc1)N[C@H]1CO[C@H]2[C@H]1OC[C@@H]2OCc1ccccc1. The Morgan fingerprint density at radius 3 is 2.42 bits per heavy atom. The summed E-state index contributed by atoms with van der Waals surface area (Å²) in [5.74, 6) is 0. The van der Waals surface area contributed by atoms with Gasteiger partial charge in [0.05, 0.1) is 25.9 Å². The van der Waals surface area contributed by atoms with Crippen LogP contribution in [-0.2, 0) is 20.8 Å². The van der Waals surface area contributed by atoms with Crippen LogP contribution in [0.5, 0.6) is 0 Å². The minimum atomic E-state index is -0.0595. The summed E-state index contributed by atoms with van der Waals surface area (Å²) in [5, 5.41) is 7.06. The van der Waals surface area contributed by atoms with Crippen LogP contribution >= 0.6 is 12.2 Å². The number of rotatable bonds is 5. The van der Waals surface area contributed by atoms with Crippen molar-refractivity contribution in [2.45, 2.75) is 31.0 Å². The number of anilines is 1. The number of hydrogen-bond donors (Lipinski definition) is 2. The highest BCUT2D eigenvalue weighted by molar-refractivity contribution is 7.80. The molecule has 2 aliphatic heterocycles. The van der Waals surface area contributed by atoms with Crippen molar-refractivity contribution in [2.75, 3.05) is 18.5 Å². The zero-order valence-corrected chi connectivity index (χ0v) is 15.2. The van der Waals surface area contributed by atoms with Gasteiger partial charge in [0.25, 0.3) is 0 Å². The summed E-state index contributed by atoms with van der Waals surface area (Å²) in [6.45, 7) is 1.66. The molecule has 4 atom stereocenters. The molecule has 2 N–H and O–H groups in total. The molecule has 0 radical (unpaired) electrons. The van der Waals surface area contributed by atoms with E-state index in [0.717, 1.165) is 11.3 Å². The van der Waals surface area contributed by atoms with Crippen LogP contribution in [0.1, 0.15) is 5.56 Å². The van der Waals surface area contributed by atoms with Crippen molar-refractivity contribution < 1.29 is 14.2 Å². The second-order valence-electron chi connectivity index (χ2n) is 6.50. The van der Waals surface area contributed by atoms with Crippen LogP contribution in [0, 0.1) is 0 Å². The summed E-state index contributed by atoms with van der Waals surface area (Å²) in [5.41, 5.74) is 2.11. The molecule has 0 unspecified atom stereocenters. The van der Waals surface area contributed by atoms with Crippen LogP contribution in [0.3, 0.4) is 0 Å². The molecule has 2 aromatic rings. The maximum atomic E-state index is 6.03. The molecule has 6 heteroatoms. The van der Waals surface area contributed by atoms with Gasteiger partial charge < -0.3 is 24.8 Å². The molecule has 0 amide bonds. The highest BCUT2D eigenvalue weighted by Gasteiger charge is 2.48. The van der Waals surface area contributed by atoms with Gasteiger partial charge in [-0.2, -0.15) is 0 Å². The number of fused-ring (bicyclic) bond motifs is 1. The molecule has 4 rings (SSSR count). The fraction of sp³-hybridized carbons (Fsp3) is 0.350. The predicted octanol–water partition coefficient (Wildman–Crippen LogP) is 2.72. The lowest BCUT2D eigenvalue weighted by Crippen LogP contribution is -2.45. The molecule has 136 valence electrons. The molecule has 0 spiro atoms. The lowest BCUT2D eigenvalue weighted by Gasteiger charge is -2.20. The smallest absolute Gasteiger partial charge is 0.171 e. The van der Waals surface area contributed by atoms with Gasteiger partial charge in [0.15, 0.2) is 5.11 Å². The molecule has 2 fully saturated rings. The quantitative estimate of drug-likeness (QED) is 0.790. The zero-order chi connectivity index (χ0) is 17.8. The molecule has 0 aromatic heterocycles. The van der Waals surface area contributed by atoms with Gasteiger partial charge in [-0.1, -0.05) is 48.5 Å². The largest absolute Gasteiger partial charge is 0.370 e. The van der Waals surface area contributed by atoms with Crippen LogP contribution in [0.2, 0.25) is 0 Å². The Labute approximate surface area is 158 Å². The monoisotopic (exact) mass is 370 g/mol. The fourth-order valence-electron chi connectivity index (χ4n) is 3.37. The van der Waals surface area contributed by atoms with Gasteiger partial charge >= 0.3 is 0 Å². The third-order valence-electron chi connectivity index (χ3n) is 4.66. The summed E-state index contributed by atoms with van der Waals surface area (Å²) >= 11 is 5.41. The Kier molecular flexibility index (Phi) is 5.45. The van der Waals surface area contributed by atoms with Gasteiger partial charge in [0, 0.05) is 5.69 Å². The van der Waals surface area contributed by atoms with Crippen LogP contribution in [0.4, 0.5) is 5.69 Å². The van der Waals surface area contributed by atoms with E-state index in [1.807, 2.05) is 48.5 Å². The van der Waals surface area contributed by atoms with Crippen LogP contribution in [0.25, 0.3) is 0 Å². The summed E-state index contributed by atoms with van der Waals surface area (Å²) in [4.78, 5) is 0. The average Bonchev–Trinajstić information content (AvgIpc) is 3.25. The van der Waals surface area contributed by atoms with Gasteiger partial charge in [0.2, 0.25) is 0 Å². The van der Waals surface area contributed by atoms with E-state index in [9.17, 15) is 0 Å². The minimum Gasteiger partial charge on any atom is -0.370 e. The number of benzene rings is 2. The van der Waals surface area contributed by atoms with Crippen molar-refractivity contribution >= 4 is 23.0 Å². The van der Waals surface area contributed by atoms with E-state index in [2.05, 4.69) is 22.8 Å². The Bertz CT molecular complexity index is 728. The Hall–Kier alpha value is -1.99. The lowest BCUT2D eigenvalue weighted by molar-refractivity contribution is -0.0391. The normalized spacial score (nSPS) is 27.1. The Balaban J connectivity index is 1.28. The van der Waals surface area contributed by atoms with E-state index in [1.165, 1.54) is 0 Å². The molecule has 26 heavy (non-hydrogen) atoms. The maximum Gasteiger partial charge on any atom is 0.171 e. The van der Waals surface area contributed by atoms with Crippen LogP contribution < -0.4 is 10.6 Å². The zero-order valence-electron chi connectivity index (χ0n) is 14.3. The summed E-state index contributed by atoms with van der Waals surface area (Å²) < 4.78 is 17.9. The third kappa shape index (κ3) is 4.04. The number of nitrogens with one attached hydrogen (secondary N) is 2. The molecule has 5 nitrogen and oxygen atoms in total. The minimum absolute atomic E-state index is 0.0223. The number of para-hydroxylation sites is 1. The molecular formula is C20H22N2O3S. The Morgan fingerprint density at radius 2 is 1.65 bits per heavy atom. The second kappa shape index (κ2) is 8.14. The van der Waals surface area contributed by atoms with Crippen LogP contribution in [0.15, 0.2) is 60.7 Å². The first-order chi connectivity index (χ1) is 12.8. The first-order valence-corrected chi connectivity index (χ1v) is 9.22. The first kappa shape index (κ1) is 17.4. The van der Waals surface area contributed by atoms with Crippen molar-refractivity contribution in [3.8, 4) is 0 Å². The van der Waals surface area contributed by atoms with Crippen molar-refractivity contribution in [3.63, 3.8) is 0 Å². The molecule has 2 aromatic carbocycles. The average molecular weight is 370 g/mol. The summed E-state index contributed by atoms with van der Waals surface area (Å²) in [7, 11) is 0. The topological polar surface area (TPSA) is 51.8 Å². The fourth-order valence-corrected chi connectivity index (χ4v) is 3.63. The lowest BCUT2D eigenvalue weighted by atomic mass is 10.1. The molecule has 0 aliphatic carbocycles. The van der Waals surface area contributed by atoms with Gasteiger partial charge in [-0.15, -0.1) is 0 Å². The highest BCUT2D eigenvalue weighted by atomic mass is 32.1. The van der Waals surface area contributed by atoms with E-state index < -0.39 is 0 Å². The molecule has 2 aliphatic rings. The first-order valence-electron chi connectivity index (χ1n) is 8.81. The van der Waals surface area contributed by atoms with Gasteiger partial charge in [0.1, 0.15) is 18.3 Å². The van der Waals surface area contributed by atoms with Gasteiger partial charge in [-0.3, -0.25) is 0 Å². The molecule has 2 saturated heterocycles. The van der Waals surface area contributed by atoms with Crippen molar-refractivity contribution in [3.05, 3.63) is 66.2 Å². The van der Waals surface area contributed by atoms with E-state index in [0.29, 0.717) is 24.9 Å². The number of ether oxygens (including phenoxy) is 3. The van der Waals surface area contributed by atoms with Crippen molar-refractivity contribution in [1.82, 2.24) is 5.32 Å². The summed E-state index contributed by atoms with van der Waals surface area (Å²) in [6.07, 6.45) is -0.162. The molecule has 0 bridgehead atoms. The van der Waals surface area contributed by atoms with Gasteiger partial charge in [-0.05, 0) is 29.9 Å². The van der Waals surface area contributed by atoms with Crippen molar-refractivity contribution in [1.29, 1.82) is 0 Å². The van der Waals surface area contributed by atoms with E-state index in [1.54, 1.807) is 0 Å². The van der Waals surface area contributed by atoms with Gasteiger partial charge in [-0.25, -0.2) is 0 Å². The van der Waals surface area contributed by atoms with Crippen LogP contribution in [-0.4, -0.2) is 42.7 Å². The van der Waals surface area contributed by atoms with Crippen molar-refractivity contribution in [2.24, 2.45) is 0 Å². The second-order valence-corrected chi connectivity index (χ2v) is 6.91. The number of hydrogen-bond acceptors (Lipinski definition) is 4. The predicted molar refractivity (Wildman–Crippen MR) is 104 cm³/mol. The summed E-state index contributed by atoms with van der Waals surface area (Å²) in [6, 6.07) is 20.0. The molecule has 2 heterocycles. The molecular weight excluding hydrogens is 348 g/mol. The number of thiocarbonyl (C=S) groups is 1. The van der Waals surface area contributed by atoms with E-state index in [4.69, 9.17) is 26.4 Å². The van der Waals surface area contributed by atoms with E-state index in [-0.39, 0.29) is 24.4 Å². The van der Waals surface area contributed by atoms with E-state index >= 15 is 0 Å². The molecule has 0 saturated carbocycles. The third-order valence-corrected chi connectivity index (χ3v) is 4.88.